The Morgan fingerprint density at radius 2 is 1.96 bits per heavy atom. The standard InChI is InChI=1S/C16H18N2O4.C2H6.CH2O2/c1-4-8-22-18-12-9-10(3)6-7-11(12)14(19)13(16(18)21)15(20)17-5-2;1-2;2-1-3/h4,6-7,9,19H,1,5,8H2,2-3H3,(H,17,20);1-2H3;1H,(H,2,3). The number of nitrogens with one attached hydrogen (secondary N) is 1. The maximum Gasteiger partial charge on any atom is 0.300 e. The number of pyridine rings is 1. The number of aromatic hydroxyl groups is 1. The number of hydrogen-bond acceptors (Lipinski definition) is 5. The third-order valence-corrected chi connectivity index (χ3v) is 3.15. The molecule has 148 valence electrons. The molecular weight excluding hydrogens is 352 g/mol. The maximum atomic E-state index is 12.5. The lowest BCUT2D eigenvalue weighted by molar-refractivity contribution is -0.122. The molecule has 1 amide bonds. The van der Waals surface area contributed by atoms with E-state index in [-0.39, 0.29) is 24.4 Å². The van der Waals surface area contributed by atoms with Gasteiger partial charge >= 0.3 is 0 Å². The largest absolute Gasteiger partial charge is 0.506 e. The minimum Gasteiger partial charge on any atom is -0.506 e. The molecular formula is C19H26N2O6. The van der Waals surface area contributed by atoms with Gasteiger partial charge in [0.1, 0.15) is 17.9 Å². The molecule has 0 saturated carbocycles. The lowest BCUT2D eigenvalue weighted by Gasteiger charge is -2.15. The lowest BCUT2D eigenvalue weighted by Crippen LogP contribution is -2.36. The minimum absolute atomic E-state index is 0.0998. The number of carbonyl (C=O) groups excluding carboxylic acids is 1. The Balaban J connectivity index is 0.00000123. The third-order valence-electron chi connectivity index (χ3n) is 3.15. The van der Waals surface area contributed by atoms with E-state index in [1.807, 2.05) is 20.8 Å². The van der Waals surface area contributed by atoms with E-state index < -0.39 is 11.5 Å². The second-order valence-corrected chi connectivity index (χ2v) is 4.89. The fourth-order valence-electron chi connectivity index (χ4n) is 2.17. The van der Waals surface area contributed by atoms with Gasteiger partial charge < -0.3 is 20.4 Å². The molecule has 27 heavy (non-hydrogen) atoms. The van der Waals surface area contributed by atoms with E-state index in [1.54, 1.807) is 25.1 Å². The Morgan fingerprint density at radius 1 is 1.37 bits per heavy atom. The van der Waals surface area contributed by atoms with Gasteiger partial charge in [-0.15, -0.1) is 4.73 Å². The zero-order valence-electron chi connectivity index (χ0n) is 16.0. The first kappa shape index (κ1) is 23.7. The number of hydrogen-bond donors (Lipinski definition) is 3. The third kappa shape index (κ3) is 5.88. The van der Waals surface area contributed by atoms with Crippen molar-refractivity contribution < 1.29 is 24.6 Å². The summed E-state index contributed by atoms with van der Waals surface area (Å²) in [6, 6.07) is 5.14. The number of fused-ring (bicyclic) bond motifs is 1. The summed E-state index contributed by atoms with van der Waals surface area (Å²) in [5, 5.41) is 20.1. The highest BCUT2D eigenvalue weighted by atomic mass is 16.7. The second kappa shape index (κ2) is 12.1. The average molecular weight is 378 g/mol. The molecule has 0 saturated heterocycles. The van der Waals surface area contributed by atoms with Crippen LogP contribution >= 0.6 is 0 Å². The van der Waals surface area contributed by atoms with Gasteiger partial charge in [0.2, 0.25) is 0 Å². The number of carboxylic acid groups (broad SMARTS) is 1. The molecule has 0 aliphatic rings. The van der Waals surface area contributed by atoms with Crippen LogP contribution < -0.4 is 15.7 Å². The highest BCUT2D eigenvalue weighted by Gasteiger charge is 2.22. The molecule has 0 bridgehead atoms. The van der Waals surface area contributed by atoms with Crippen LogP contribution in [0.3, 0.4) is 0 Å². The Morgan fingerprint density at radius 3 is 2.48 bits per heavy atom. The number of aromatic nitrogens is 1. The number of benzene rings is 1. The van der Waals surface area contributed by atoms with E-state index in [1.165, 1.54) is 6.08 Å². The van der Waals surface area contributed by atoms with E-state index in [0.717, 1.165) is 10.3 Å². The molecule has 0 radical (unpaired) electrons. The number of amides is 1. The predicted octanol–water partition coefficient (Wildman–Crippen LogP) is 2.11. The van der Waals surface area contributed by atoms with E-state index in [9.17, 15) is 14.7 Å². The molecule has 2 rings (SSSR count). The normalized spacial score (nSPS) is 9.19. The first-order valence-electron chi connectivity index (χ1n) is 8.41. The molecule has 0 unspecified atom stereocenters. The van der Waals surface area contributed by atoms with Crippen LogP contribution in [-0.2, 0) is 4.79 Å². The Hall–Kier alpha value is -3.29. The number of carbonyl (C=O) groups is 2. The molecule has 0 aliphatic heterocycles. The van der Waals surface area contributed by atoms with E-state index in [2.05, 4.69) is 11.9 Å². The van der Waals surface area contributed by atoms with Crippen molar-refractivity contribution in [3.05, 3.63) is 52.3 Å². The molecule has 1 aromatic carbocycles. The quantitative estimate of drug-likeness (QED) is 0.542. The summed E-state index contributed by atoms with van der Waals surface area (Å²) in [6.45, 7) is 11.3. The fraction of sp³-hybridized carbons (Fsp3) is 0.316. The van der Waals surface area contributed by atoms with Crippen LogP contribution in [0.5, 0.6) is 5.75 Å². The van der Waals surface area contributed by atoms with Gasteiger partial charge in [0.05, 0.1) is 5.52 Å². The van der Waals surface area contributed by atoms with Crippen LogP contribution in [-0.4, -0.2) is 40.5 Å². The molecule has 0 atom stereocenters. The van der Waals surface area contributed by atoms with Crippen LogP contribution in [0.4, 0.5) is 0 Å². The van der Waals surface area contributed by atoms with Crippen LogP contribution in [0, 0.1) is 6.92 Å². The summed E-state index contributed by atoms with van der Waals surface area (Å²) in [5.41, 5.74) is 0.260. The molecule has 1 aromatic heterocycles. The van der Waals surface area contributed by atoms with Crippen molar-refractivity contribution in [3.8, 4) is 5.75 Å². The Bertz CT molecular complexity index is 842. The zero-order valence-corrected chi connectivity index (χ0v) is 16.0. The van der Waals surface area contributed by atoms with Gasteiger partial charge in [-0.05, 0) is 31.5 Å². The maximum absolute atomic E-state index is 12.5. The van der Waals surface area contributed by atoms with E-state index in [4.69, 9.17) is 14.7 Å². The molecule has 8 heteroatoms. The monoisotopic (exact) mass is 378 g/mol. The molecule has 2 aromatic rings. The van der Waals surface area contributed by atoms with E-state index in [0.29, 0.717) is 17.4 Å². The molecule has 1 heterocycles. The van der Waals surface area contributed by atoms with Crippen LogP contribution in [0.25, 0.3) is 10.9 Å². The van der Waals surface area contributed by atoms with E-state index >= 15 is 0 Å². The number of nitrogens with zero attached hydrogens (tertiary/aromatic N) is 1. The first-order chi connectivity index (χ1) is 12.9. The second-order valence-electron chi connectivity index (χ2n) is 4.89. The number of rotatable bonds is 5. The van der Waals surface area contributed by atoms with Gasteiger partial charge in [0.15, 0.2) is 0 Å². The molecule has 0 aliphatic carbocycles. The molecule has 0 fully saturated rings. The zero-order chi connectivity index (χ0) is 21.0. The minimum atomic E-state index is -0.705. The topological polar surface area (TPSA) is 118 Å². The summed E-state index contributed by atoms with van der Waals surface area (Å²) in [6.07, 6.45) is 1.49. The van der Waals surface area contributed by atoms with Crippen molar-refractivity contribution in [3.63, 3.8) is 0 Å². The summed E-state index contributed by atoms with van der Waals surface area (Å²) in [4.78, 5) is 38.3. The number of aryl methyl sites for hydroxylation is 1. The van der Waals surface area contributed by atoms with Gasteiger partial charge in [-0.1, -0.05) is 32.6 Å². The van der Waals surface area contributed by atoms with Crippen molar-refractivity contribution in [2.24, 2.45) is 0 Å². The van der Waals surface area contributed by atoms with Gasteiger partial charge in [0, 0.05) is 11.9 Å². The summed E-state index contributed by atoms with van der Waals surface area (Å²) in [7, 11) is 0. The Kier molecular flexibility index (Phi) is 10.6. The van der Waals surface area contributed by atoms with Crippen molar-refractivity contribution in [1.82, 2.24) is 10.0 Å². The van der Waals surface area contributed by atoms with Crippen LogP contribution in [0.2, 0.25) is 0 Å². The first-order valence-corrected chi connectivity index (χ1v) is 8.41. The Labute approximate surface area is 157 Å². The smallest absolute Gasteiger partial charge is 0.300 e. The van der Waals surface area contributed by atoms with Gasteiger partial charge in [-0.25, -0.2) is 0 Å². The lowest BCUT2D eigenvalue weighted by atomic mass is 10.1. The van der Waals surface area contributed by atoms with Crippen molar-refractivity contribution in [2.45, 2.75) is 27.7 Å². The van der Waals surface area contributed by atoms with Crippen LogP contribution in [0.1, 0.15) is 36.7 Å². The molecule has 3 N–H and O–H groups in total. The highest BCUT2D eigenvalue weighted by molar-refractivity contribution is 6.02. The average Bonchev–Trinajstić information content (AvgIpc) is 2.64. The highest BCUT2D eigenvalue weighted by Crippen LogP contribution is 2.26. The van der Waals surface area contributed by atoms with Crippen LogP contribution in [0.15, 0.2) is 35.6 Å². The fourth-order valence-corrected chi connectivity index (χ4v) is 2.17. The summed E-state index contributed by atoms with van der Waals surface area (Å²) >= 11 is 0. The van der Waals surface area contributed by atoms with Gasteiger partial charge in [-0.3, -0.25) is 14.4 Å². The predicted molar refractivity (Wildman–Crippen MR) is 104 cm³/mol. The molecule has 8 nitrogen and oxygen atoms in total. The SMILES string of the molecule is C=CCOn1c(=O)c(C(=O)NCC)c(O)c2ccc(C)cc21.CC.O=CO. The summed E-state index contributed by atoms with van der Waals surface area (Å²) < 4.78 is 1.02. The summed E-state index contributed by atoms with van der Waals surface area (Å²) in [5.74, 6) is -0.979. The molecule has 0 spiro atoms. The van der Waals surface area contributed by atoms with Crippen molar-refractivity contribution >= 4 is 23.3 Å². The van der Waals surface area contributed by atoms with Gasteiger partial charge in [0.25, 0.3) is 17.9 Å². The van der Waals surface area contributed by atoms with Crippen molar-refractivity contribution in [1.29, 1.82) is 0 Å². The van der Waals surface area contributed by atoms with Gasteiger partial charge in [-0.2, -0.15) is 0 Å². The van der Waals surface area contributed by atoms with Crippen molar-refractivity contribution in [2.75, 3.05) is 13.2 Å².